The van der Waals surface area contributed by atoms with Crippen LogP contribution in [0.25, 0.3) is 0 Å². The van der Waals surface area contributed by atoms with Gasteiger partial charge in [-0.3, -0.25) is 4.79 Å². The van der Waals surface area contributed by atoms with Crippen molar-refractivity contribution in [2.75, 3.05) is 20.1 Å². The molecule has 1 atom stereocenters. The molecule has 2 N–H and O–H groups in total. The van der Waals surface area contributed by atoms with Gasteiger partial charge in [0.2, 0.25) is 11.0 Å². The zero-order valence-electron chi connectivity index (χ0n) is 12.3. The molecule has 8 heteroatoms. The minimum atomic E-state index is -3.54. The summed E-state index contributed by atoms with van der Waals surface area (Å²) in [4.78, 5) is 13.4. The van der Waals surface area contributed by atoms with Crippen LogP contribution in [0.5, 0.6) is 0 Å². The van der Waals surface area contributed by atoms with Crippen LogP contribution in [0.4, 0.5) is 0 Å². The predicted octanol–water partition coefficient (Wildman–Crippen LogP) is 0.288. The van der Waals surface area contributed by atoms with Crippen LogP contribution in [0, 0.1) is 0 Å². The number of hydrogen-bond acceptors (Lipinski definition) is 5. The van der Waals surface area contributed by atoms with Crippen LogP contribution in [-0.2, 0) is 21.4 Å². The highest BCUT2D eigenvalue weighted by atomic mass is 32.2. The molecule has 1 saturated heterocycles. The van der Waals surface area contributed by atoms with Gasteiger partial charge in [0.05, 0.1) is 6.54 Å². The van der Waals surface area contributed by atoms with Gasteiger partial charge in [-0.2, -0.15) is 0 Å². The fourth-order valence-corrected chi connectivity index (χ4v) is 2.93. The molecule has 1 aliphatic rings. The van der Waals surface area contributed by atoms with Crippen molar-refractivity contribution in [2.24, 2.45) is 0 Å². The van der Waals surface area contributed by atoms with E-state index in [4.69, 9.17) is 4.42 Å². The van der Waals surface area contributed by atoms with E-state index in [2.05, 4.69) is 10.0 Å². The van der Waals surface area contributed by atoms with E-state index in [0.29, 0.717) is 25.3 Å². The molecule has 2 heterocycles. The summed E-state index contributed by atoms with van der Waals surface area (Å²) in [6, 6.07) is 3.17. The van der Waals surface area contributed by atoms with Gasteiger partial charge in [0.25, 0.3) is 10.0 Å². The van der Waals surface area contributed by atoms with E-state index >= 15 is 0 Å². The fourth-order valence-electron chi connectivity index (χ4n) is 2.27. The summed E-state index contributed by atoms with van der Waals surface area (Å²) < 4.78 is 30.6. The molecule has 7 nitrogen and oxygen atoms in total. The van der Waals surface area contributed by atoms with E-state index in [1.165, 1.54) is 13.1 Å². The van der Waals surface area contributed by atoms with Crippen molar-refractivity contribution in [3.63, 3.8) is 0 Å². The van der Waals surface area contributed by atoms with Crippen molar-refractivity contribution in [3.8, 4) is 0 Å². The smallest absolute Gasteiger partial charge is 0.273 e. The number of sulfonamides is 1. The zero-order valence-corrected chi connectivity index (χ0v) is 13.1. The third-order valence-corrected chi connectivity index (χ3v) is 4.75. The number of amides is 1. The van der Waals surface area contributed by atoms with Gasteiger partial charge in [0, 0.05) is 25.6 Å². The lowest BCUT2D eigenvalue weighted by atomic mass is 10.3. The predicted molar refractivity (Wildman–Crippen MR) is 77.1 cm³/mol. The second kappa shape index (κ2) is 6.59. The number of carbonyl (C=O) groups excluding carboxylic acids is 1. The Morgan fingerprint density at radius 2 is 2.19 bits per heavy atom. The van der Waals surface area contributed by atoms with Crippen molar-refractivity contribution >= 4 is 15.9 Å². The van der Waals surface area contributed by atoms with Crippen LogP contribution >= 0.6 is 0 Å². The SMILES string of the molecule is CNS(=O)(=O)c1ccc(CNC(C)CN2CCCC2=O)o1. The van der Waals surface area contributed by atoms with Crippen LogP contribution in [0.15, 0.2) is 21.6 Å². The molecule has 1 amide bonds. The molecule has 1 aromatic heterocycles. The van der Waals surface area contributed by atoms with E-state index in [9.17, 15) is 13.2 Å². The average molecular weight is 315 g/mol. The molecule has 0 spiro atoms. The first-order valence-electron chi connectivity index (χ1n) is 6.96. The minimum absolute atomic E-state index is 0.0934. The molecule has 0 radical (unpaired) electrons. The summed E-state index contributed by atoms with van der Waals surface area (Å²) in [6.45, 7) is 3.87. The van der Waals surface area contributed by atoms with E-state index in [-0.39, 0.29) is 17.0 Å². The second-order valence-electron chi connectivity index (χ2n) is 5.15. The average Bonchev–Trinajstić information content (AvgIpc) is 3.07. The maximum Gasteiger partial charge on any atom is 0.273 e. The Balaban J connectivity index is 1.84. The Labute approximate surface area is 124 Å². The second-order valence-corrected chi connectivity index (χ2v) is 6.97. The molecule has 1 unspecified atom stereocenters. The number of carbonyl (C=O) groups is 1. The van der Waals surface area contributed by atoms with Crippen molar-refractivity contribution in [1.29, 1.82) is 0 Å². The maximum absolute atomic E-state index is 11.5. The summed E-state index contributed by atoms with van der Waals surface area (Å²) >= 11 is 0. The van der Waals surface area contributed by atoms with Gasteiger partial charge in [-0.15, -0.1) is 0 Å². The molecule has 1 aromatic rings. The molecule has 0 aromatic carbocycles. The van der Waals surface area contributed by atoms with Gasteiger partial charge in [-0.05, 0) is 32.5 Å². The maximum atomic E-state index is 11.5. The van der Waals surface area contributed by atoms with Crippen LogP contribution in [-0.4, -0.2) is 45.4 Å². The molecule has 0 saturated carbocycles. The van der Waals surface area contributed by atoms with Gasteiger partial charge >= 0.3 is 0 Å². The quantitative estimate of drug-likeness (QED) is 0.754. The normalized spacial score (nSPS) is 17.4. The Hall–Kier alpha value is -1.38. The Morgan fingerprint density at radius 3 is 2.81 bits per heavy atom. The number of hydrogen-bond donors (Lipinski definition) is 2. The number of likely N-dealkylation sites (tertiary alicyclic amines) is 1. The highest BCUT2D eigenvalue weighted by Crippen LogP contribution is 2.14. The highest BCUT2D eigenvalue weighted by Gasteiger charge is 2.22. The molecule has 0 aliphatic carbocycles. The molecular weight excluding hydrogens is 294 g/mol. The topological polar surface area (TPSA) is 91.7 Å². The molecule has 1 fully saturated rings. The lowest BCUT2D eigenvalue weighted by Crippen LogP contribution is -2.39. The van der Waals surface area contributed by atoms with E-state index in [1.807, 2.05) is 11.8 Å². The standard InChI is InChI=1S/C13H21N3O4S/c1-10(9-16-7-3-4-12(16)17)15-8-11-5-6-13(20-11)21(18,19)14-2/h5-6,10,14-15H,3-4,7-9H2,1-2H3. The lowest BCUT2D eigenvalue weighted by Gasteiger charge is -2.21. The van der Waals surface area contributed by atoms with Crippen LogP contribution in [0.3, 0.4) is 0 Å². The zero-order chi connectivity index (χ0) is 15.5. The summed E-state index contributed by atoms with van der Waals surface area (Å²) in [6.07, 6.45) is 1.56. The van der Waals surface area contributed by atoms with Crippen LogP contribution < -0.4 is 10.0 Å². The number of furan rings is 1. The summed E-state index contributed by atoms with van der Waals surface area (Å²) in [5.41, 5.74) is 0. The largest absolute Gasteiger partial charge is 0.447 e. The van der Waals surface area contributed by atoms with Gasteiger partial charge in [0.15, 0.2) is 0 Å². The van der Waals surface area contributed by atoms with E-state index in [1.54, 1.807) is 6.07 Å². The molecule has 118 valence electrons. The Bertz CT molecular complexity index is 596. The van der Waals surface area contributed by atoms with Crippen LogP contribution in [0.2, 0.25) is 0 Å². The Morgan fingerprint density at radius 1 is 1.43 bits per heavy atom. The van der Waals surface area contributed by atoms with Crippen molar-refractivity contribution in [1.82, 2.24) is 14.9 Å². The summed E-state index contributed by atoms with van der Waals surface area (Å²) in [5, 5.41) is 3.13. The van der Waals surface area contributed by atoms with Gasteiger partial charge in [-0.25, -0.2) is 13.1 Å². The monoisotopic (exact) mass is 315 g/mol. The number of nitrogens with zero attached hydrogens (tertiary/aromatic N) is 1. The first kappa shape index (κ1) is 16.0. The van der Waals surface area contributed by atoms with Crippen molar-refractivity contribution < 1.29 is 17.6 Å². The van der Waals surface area contributed by atoms with Gasteiger partial charge in [0.1, 0.15) is 5.76 Å². The molecular formula is C13H21N3O4S. The lowest BCUT2D eigenvalue weighted by molar-refractivity contribution is -0.127. The molecule has 2 rings (SSSR count). The fraction of sp³-hybridized carbons (Fsp3) is 0.615. The minimum Gasteiger partial charge on any atom is -0.447 e. The first-order valence-corrected chi connectivity index (χ1v) is 8.44. The van der Waals surface area contributed by atoms with Crippen LogP contribution in [0.1, 0.15) is 25.5 Å². The van der Waals surface area contributed by atoms with Crippen molar-refractivity contribution in [3.05, 3.63) is 17.9 Å². The van der Waals surface area contributed by atoms with E-state index in [0.717, 1.165) is 13.0 Å². The third kappa shape index (κ3) is 4.05. The molecule has 0 bridgehead atoms. The number of rotatable bonds is 7. The highest BCUT2D eigenvalue weighted by molar-refractivity contribution is 7.89. The van der Waals surface area contributed by atoms with Gasteiger partial charge in [-0.1, -0.05) is 0 Å². The molecule has 21 heavy (non-hydrogen) atoms. The summed E-state index contributed by atoms with van der Waals surface area (Å²) in [5.74, 6) is 0.743. The summed E-state index contributed by atoms with van der Waals surface area (Å²) in [7, 11) is -2.20. The molecule has 1 aliphatic heterocycles. The van der Waals surface area contributed by atoms with E-state index < -0.39 is 10.0 Å². The Kier molecular flexibility index (Phi) is 5.02. The van der Waals surface area contributed by atoms with Crippen molar-refractivity contribution in [2.45, 2.75) is 37.4 Å². The first-order chi connectivity index (χ1) is 9.92. The number of nitrogens with one attached hydrogen (secondary N) is 2. The third-order valence-electron chi connectivity index (χ3n) is 3.46. The van der Waals surface area contributed by atoms with Gasteiger partial charge < -0.3 is 14.6 Å².